The summed E-state index contributed by atoms with van der Waals surface area (Å²) in [5.74, 6) is -0.363. The first kappa shape index (κ1) is 11.2. The van der Waals surface area contributed by atoms with E-state index in [9.17, 15) is 13.2 Å². The highest BCUT2D eigenvalue weighted by atomic mass is 19.4. The number of alkyl halides is 3. The van der Waals surface area contributed by atoms with E-state index in [0.29, 0.717) is 0 Å². The molecule has 0 saturated heterocycles. The van der Waals surface area contributed by atoms with Gasteiger partial charge in [0.2, 0.25) is 0 Å². The summed E-state index contributed by atoms with van der Waals surface area (Å²) < 4.78 is 34.3. The Morgan fingerprint density at radius 3 is 2.58 bits per heavy atom. The van der Waals surface area contributed by atoms with Crippen LogP contribution in [0.3, 0.4) is 0 Å². The van der Waals surface area contributed by atoms with Gasteiger partial charge in [-0.05, 0) is 6.92 Å². The Morgan fingerprint density at radius 2 is 2.17 bits per heavy atom. The van der Waals surface area contributed by atoms with Gasteiger partial charge in [-0.15, -0.1) is 0 Å². The van der Waals surface area contributed by atoms with E-state index in [1.807, 2.05) is 6.07 Å². The summed E-state index contributed by atoms with van der Waals surface area (Å²) in [6.45, 7) is 0.321. The first-order valence-electron chi connectivity index (χ1n) is 3.26. The Bertz CT molecular complexity index is 163. The molecule has 0 aromatic carbocycles. The average Bonchev–Trinajstić information content (AvgIpc) is 1.96. The van der Waals surface area contributed by atoms with E-state index >= 15 is 0 Å². The minimum Gasteiger partial charge on any atom is -0.292 e. The molecule has 0 radical (unpaired) electrons. The predicted octanol–water partition coefficient (Wildman–Crippen LogP) is 1.23. The molecule has 0 heterocycles. The van der Waals surface area contributed by atoms with Crippen LogP contribution in [-0.2, 0) is 4.84 Å². The fourth-order valence-electron chi connectivity index (χ4n) is 0.362. The van der Waals surface area contributed by atoms with Gasteiger partial charge in [0, 0.05) is 6.54 Å². The predicted molar refractivity (Wildman–Crippen MR) is 34.8 cm³/mol. The number of nitriles is 1. The van der Waals surface area contributed by atoms with Crippen LogP contribution in [0.25, 0.3) is 0 Å². The average molecular weight is 182 g/mol. The van der Waals surface area contributed by atoms with Crippen molar-refractivity contribution in [1.29, 1.82) is 5.26 Å². The van der Waals surface area contributed by atoms with Gasteiger partial charge < -0.3 is 0 Å². The summed E-state index contributed by atoms with van der Waals surface area (Å²) in [5, 5.41) is 8.23. The molecule has 0 spiro atoms. The highest BCUT2D eigenvalue weighted by molar-refractivity contribution is 4.78. The second-order valence-corrected chi connectivity index (χ2v) is 2.28. The molecule has 0 bridgehead atoms. The van der Waals surface area contributed by atoms with Gasteiger partial charge >= 0.3 is 6.18 Å². The van der Waals surface area contributed by atoms with Crippen LogP contribution in [-0.4, -0.2) is 19.3 Å². The smallest absolute Gasteiger partial charge is 0.292 e. The van der Waals surface area contributed by atoms with Crippen LogP contribution in [0, 0.1) is 17.2 Å². The third-order valence-electron chi connectivity index (χ3n) is 0.948. The standard InChI is InChI=1S/C6H9F3N2O/c1-5(2-10)3-11-12-4-6(7,8)9/h5,11H,3-4H2,1H3. The summed E-state index contributed by atoms with van der Waals surface area (Å²) in [7, 11) is 0. The first-order valence-corrected chi connectivity index (χ1v) is 3.26. The molecule has 0 aliphatic carbocycles. The van der Waals surface area contributed by atoms with Crippen LogP contribution >= 0.6 is 0 Å². The molecule has 0 rings (SSSR count). The lowest BCUT2D eigenvalue weighted by molar-refractivity contribution is -0.189. The molecule has 0 aliphatic rings. The van der Waals surface area contributed by atoms with Crippen molar-refractivity contribution in [2.75, 3.05) is 13.2 Å². The van der Waals surface area contributed by atoms with E-state index in [1.54, 1.807) is 6.92 Å². The summed E-state index contributed by atoms with van der Waals surface area (Å²) in [5.41, 5.74) is 2.05. The van der Waals surface area contributed by atoms with Crippen molar-refractivity contribution in [3.8, 4) is 6.07 Å². The van der Waals surface area contributed by atoms with Gasteiger partial charge in [-0.25, -0.2) is 5.48 Å². The third kappa shape index (κ3) is 7.31. The summed E-state index contributed by atoms with van der Waals surface area (Å²) in [6, 6.07) is 1.84. The molecule has 3 nitrogen and oxygen atoms in total. The van der Waals surface area contributed by atoms with Crippen molar-refractivity contribution in [2.45, 2.75) is 13.1 Å². The Morgan fingerprint density at radius 1 is 1.58 bits per heavy atom. The zero-order chi connectivity index (χ0) is 9.61. The molecule has 12 heavy (non-hydrogen) atoms. The molecule has 0 saturated carbocycles. The Labute approximate surface area is 68.1 Å². The Hall–Kier alpha value is -0.800. The Kier molecular flexibility index (Phi) is 4.62. The lowest BCUT2D eigenvalue weighted by Gasteiger charge is -2.08. The number of rotatable bonds is 4. The maximum atomic E-state index is 11.4. The lowest BCUT2D eigenvalue weighted by atomic mass is 10.2. The van der Waals surface area contributed by atoms with E-state index in [4.69, 9.17) is 5.26 Å². The number of nitrogens with zero attached hydrogens (tertiary/aromatic N) is 1. The van der Waals surface area contributed by atoms with E-state index < -0.39 is 12.8 Å². The minimum atomic E-state index is -4.33. The van der Waals surface area contributed by atoms with Crippen LogP contribution in [0.4, 0.5) is 13.2 Å². The molecule has 70 valence electrons. The summed E-state index contributed by atoms with van der Waals surface area (Å²) in [4.78, 5) is 4.04. The maximum Gasteiger partial charge on any atom is 0.413 e. The number of nitrogens with one attached hydrogen (secondary N) is 1. The lowest BCUT2D eigenvalue weighted by Crippen LogP contribution is -2.27. The first-order chi connectivity index (χ1) is 5.45. The Balaban J connectivity index is 3.29. The largest absolute Gasteiger partial charge is 0.413 e. The molecular weight excluding hydrogens is 173 g/mol. The van der Waals surface area contributed by atoms with Gasteiger partial charge in [0.1, 0.15) is 0 Å². The highest BCUT2D eigenvalue weighted by Crippen LogP contribution is 2.13. The van der Waals surface area contributed by atoms with Crippen LogP contribution in [0.2, 0.25) is 0 Å². The second-order valence-electron chi connectivity index (χ2n) is 2.28. The van der Waals surface area contributed by atoms with Crippen LogP contribution < -0.4 is 5.48 Å². The number of hydrogen-bond donors (Lipinski definition) is 1. The van der Waals surface area contributed by atoms with E-state index in [2.05, 4.69) is 10.3 Å². The fourth-order valence-corrected chi connectivity index (χ4v) is 0.362. The van der Waals surface area contributed by atoms with Crippen molar-refractivity contribution in [3.05, 3.63) is 0 Å². The van der Waals surface area contributed by atoms with E-state index in [1.165, 1.54) is 0 Å². The molecule has 1 unspecified atom stereocenters. The number of hydrogen-bond acceptors (Lipinski definition) is 3. The van der Waals surface area contributed by atoms with Crippen LogP contribution in [0.1, 0.15) is 6.92 Å². The molecule has 0 amide bonds. The molecule has 0 fully saturated rings. The van der Waals surface area contributed by atoms with Crippen LogP contribution in [0.15, 0.2) is 0 Å². The zero-order valence-electron chi connectivity index (χ0n) is 6.48. The molecule has 0 aromatic heterocycles. The molecular formula is C6H9F3N2O. The van der Waals surface area contributed by atoms with E-state index in [0.717, 1.165) is 0 Å². The van der Waals surface area contributed by atoms with Gasteiger partial charge in [0.15, 0.2) is 6.61 Å². The number of hydroxylamine groups is 1. The van der Waals surface area contributed by atoms with Gasteiger partial charge in [-0.1, -0.05) is 0 Å². The van der Waals surface area contributed by atoms with Gasteiger partial charge in [0.25, 0.3) is 0 Å². The van der Waals surface area contributed by atoms with Crippen molar-refractivity contribution >= 4 is 0 Å². The zero-order valence-corrected chi connectivity index (χ0v) is 6.48. The molecule has 1 N–H and O–H groups in total. The topological polar surface area (TPSA) is 45.0 Å². The molecule has 0 aliphatic heterocycles. The number of halogens is 3. The fraction of sp³-hybridized carbons (Fsp3) is 0.833. The minimum absolute atomic E-state index is 0.0899. The van der Waals surface area contributed by atoms with Crippen molar-refractivity contribution in [3.63, 3.8) is 0 Å². The van der Waals surface area contributed by atoms with Crippen molar-refractivity contribution in [1.82, 2.24) is 5.48 Å². The second kappa shape index (κ2) is 4.95. The third-order valence-corrected chi connectivity index (χ3v) is 0.948. The van der Waals surface area contributed by atoms with Gasteiger partial charge in [0.05, 0.1) is 12.0 Å². The van der Waals surface area contributed by atoms with Gasteiger partial charge in [-0.2, -0.15) is 18.4 Å². The maximum absolute atomic E-state index is 11.4. The van der Waals surface area contributed by atoms with Crippen LogP contribution in [0.5, 0.6) is 0 Å². The summed E-state index contributed by atoms with van der Waals surface area (Å²) in [6.07, 6.45) is -4.33. The monoisotopic (exact) mass is 182 g/mol. The van der Waals surface area contributed by atoms with Gasteiger partial charge in [-0.3, -0.25) is 4.84 Å². The molecule has 1 atom stereocenters. The van der Waals surface area contributed by atoms with Crippen molar-refractivity contribution in [2.24, 2.45) is 5.92 Å². The normalized spacial score (nSPS) is 13.9. The SMILES string of the molecule is CC(C#N)CNOCC(F)(F)F. The van der Waals surface area contributed by atoms with Crippen molar-refractivity contribution < 1.29 is 18.0 Å². The highest BCUT2D eigenvalue weighted by Gasteiger charge is 2.27. The quantitative estimate of drug-likeness (QED) is 0.525. The summed E-state index contributed by atoms with van der Waals surface area (Å²) >= 11 is 0. The molecule has 0 aromatic rings. The molecule has 6 heteroatoms. The van der Waals surface area contributed by atoms with E-state index in [-0.39, 0.29) is 12.5 Å².